The first-order valence-electron chi connectivity index (χ1n) is 20.6. The molecular weight excluding hydrogens is 581 g/mol. The fraction of sp³-hybridized carbons (Fsp3) is 0.630. The van der Waals surface area contributed by atoms with Crippen LogP contribution in [0.15, 0.2) is 53.6 Å². The lowest BCUT2D eigenvalue weighted by molar-refractivity contribution is -0.347. The molecule has 0 atom stereocenters. The summed E-state index contributed by atoms with van der Waals surface area (Å²) in [5.74, 6) is 10.0. The Kier molecular flexibility index (Phi) is 19.0. The topological polar surface area (TPSA) is 26.8 Å². The van der Waals surface area contributed by atoms with E-state index in [0.29, 0.717) is 0 Å². The van der Waals surface area contributed by atoms with Gasteiger partial charge in [0.15, 0.2) is 0 Å². The Bertz CT molecular complexity index is 1270. The first kappa shape index (κ1) is 39.8. The number of benzene rings is 2. The average molecular weight is 653 g/mol. The molecule has 1 heterocycles. The van der Waals surface area contributed by atoms with Crippen molar-refractivity contribution in [3.8, 4) is 0 Å². The third-order valence-corrected chi connectivity index (χ3v) is 10.2. The van der Waals surface area contributed by atoms with E-state index in [2.05, 4.69) is 84.0 Å². The van der Waals surface area contributed by atoms with Crippen LogP contribution in [-0.2, 0) is 25.7 Å². The standard InChI is InChI=1S/C46H72N2/c1-7-13-19-21-22-24-30-44-43(29-23-20-14-8-2)45(41-33-37(25-15-9-3)31-38(34-41)26-16-10-4)48(47)46(44)42-35-39(27-17-11-5)32-40(36-42)28-18-12-6/h30-36,47H,7-29H2,1-6H3. The highest BCUT2D eigenvalue weighted by atomic mass is 15.3. The van der Waals surface area contributed by atoms with Gasteiger partial charge in [-0.05, 0) is 124 Å². The number of hydrogen-bond acceptors (Lipinski definition) is 0. The predicted octanol–water partition coefficient (Wildman–Crippen LogP) is 14.5. The van der Waals surface area contributed by atoms with Crippen molar-refractivity contribution >= 4 is 11.4 Å². The van der Waals surface area contributed by atoms with E-state index in [0.717, 1.165) is 49.9 Å². The Morgan fingerprint density at radius 3 is 1.33 bits per heavy atom. The second-order valence-electron chi connectivity index (χ2n) is 14.6. The molecule has 1 aliphatic heterocycles. The zero-order valence-corrected chi connectivity index (χ0v) is 32.3. The summed E-state index contributed by atoms with van der Waals surface area (Å²) in [6.45, 7) is 13.8. The second-order valence-corrected chi connectivity index (χ2v) is 14.6. The van der Waals surface area contributed by atoms with Crippen LogP contribution in [-0.4, -0.2) is 10.4 Å². The second kappa shape index (κ2) is 22.9. The highest BCUT2D eigenvalue weighted by Crippen LogP contribution is 2.39. The van der Waals surface area contributed by atoms with Crippen molar-refractivity contribution in [2.24, 2.45) is 0 Å². The zero-order chi connectivity index (χ0) is 34.6. The van der Waals surface area contributed by atoms with Gasteiger partial charge in [0, 0.05) is 16.7 Å². The fourth-order valence-corrected chi connectivity index (χ4v) is 7.32. The molecule has 0 saturated carbocycles. The minimum absolute atomic E-state index is 1.05. The van der Waals surface area contributed by atoms with Crippen molar-refractivity contribution < 1.29 is 4.68 Å². The lowest BCUT2D eigenvalue weighted by atomic mass is 9.88. The Morgan fingerprint density at radius 1 is 0.458 bits per heavy atom. The number of nitrogens with one attached hydrogen (secondary N) is 1. The molecule has 0 aromatic heterocycles. The van der Waals surface area contributed by atoms with Crippen LogP contribution in [0.1, 0.15) is 197 Å². The normalized spacial score (nSPS) is 14.2. The van der Waals surface area contributed by atoms with Gasteiger partial charge in [-0.25, -0.2) is 4.68 Å². The van der Waals surface area contributed by atoms with E-state index < -0.39 is 0 Å². The van der Waals surface area contributed by atoms with Crippen molar-refractivity contribution in [2.75, 3.05) is 0 Å². The number of unbranched alkanes of at least 4 members (excludes halogenated alkanes) is 12. The molecule has 2 aromatic rings. The Balaban J connectivity index is 2.25. The minimum atomic E-state index is 1.05. The maximum atomic E-state index is 10.0. The molecule has 2 heteroatoms. The number of aryl methyl sites for hydroxylation is 4. The van der Waals surface area contributed by atoms with E-state index in [4.69, 9.17) is 0 Å². The van der Waals surface area contributed by atoms with E-state index in [1.54, 1.807) is 0 Å². The lowest BCUT2D eigenvalue weighted by Crippen LogP contribution is -2.13. The minimum Gasteiger partial charge on any atom is -0.448 e. The molecule has 2 aromatic carbocycles. The summed E-state index contributed by atoms with van der Waals surface area (Å²) in [7, 11) is 0. The summed E-state index contributed by atoms with van der Waals surface area (Å²) in [4.78, 5) is 0. The van der Waals surface area contributed by atoms with Gasteiger partial charge in [-0.1, -0.05) is 130 Å². The summed E-state index contributed by atoms with van der Waals surface area (Å²) in [6, 6.07) is 14.7. The van der Waals surface area contributed by atoms with Crippen LogP contribution >= 0.6 is 0 Å². The molecule has 0 radical (unpaired) electrons. The van der Waals surface area contributed by atoms with Crippen molar-refractivity contribution in [1.29, 1.82) is 0 Å². The van der Waals surface area contributed by atoms with Gasteiger partial charge in [-0.15, -0.1) is 0 Å². The van der Waals surface area contributed by atoms with Gasteiger partial charge in [-0.2, -0.15) is 0 Å². The molecule has 0 bridgehead atoms. The van der Waals surface area contributed by atoms with Gasteiger partial charge >= 0.3 is 0 Å². The molecule has 2 nitrogen and oxygen atoms in total. The van der Waals surface area contributed by atoms with Crippen LogP contribution in [0.5, 0.6) is 0 Å². The van der Waals surface area contributed by atoms with Crippen LogP contribution in [0.3, 0.4) is 0 Å². The smallest absolute Gasteiger partial charge is 0.215 e. The van der Waals surface area contributed by atoms with Crippen LogP contribution < -0.4 is 0 Å². The van der Waals surface area contributed by atoms with Gasteiger partial charge < -0.3 is 5.84 Å². The SMILES string of the molecule is CCCCCCCC=C1C(CCCCCC)=C(c2cc(CCCC)cc(CCCC)c2)[N+]([NH-])=C1c1cc(CCCC)cc(CCCC)c1. The third kappa shape index (κ3) is 12.4. The van der Waals surface area contributed by atoms with Crippen molar-refractivity contribution in [3.05, 3.63) is 92.8 Å². The molecule has 0 fully saturated rings. The molecule has 0 unspecified atom stereocenters. The predicted molar refractivity (Wildman–Crippen MR) is 213 cm³/mol. The van der Waals surface area contributed by atoms with Crippen LogP contribution in [0.4, 0.5) is 0 Å². The van der Waals surface area contributed by atoms with E-state index in [1.165, 1.54) is 154 Å². The van der Waals surface area contributed by atoms with Gasteiger partial charge in [0.25, 0.3) is 0 Å². The molecule has 0 saturated heterocycles. The molecule has 0 aliphatic carbocycles. The van der Waals surface area contributed by atoms with E-state index in [-0.39, 0.29) is 0 Å². The van der Waals surface area contributed by atoms with Crippen molar-refractivity contribution in [1.82, 2.24) is 0 Å². The molecule has 0 spiro atoms. The lowest BCUT2D eigenvalue weighted by Gasteiger charge is -2.13. The molecule has 48 heavy (non-hydrogen) atoms. The maximum absolute atomic E-state index is 10.0. The van der Waals surface area contributed by atoms with Gasteiger partial charge in [0.2, 0.25) is 11.4 Å². The van der Waals surface area contributed by atoms with E-state index in [9.17, 15) is 5.84 Å². The molecule has 3 rings (SSSR count). The van der Waals surface area contributed by atoms with Crippen molar-refractivity contribution in [2.45, 2.75) is 189 Å². The molecule has 1 aliphatic rings. The summed E-state index contributed by atoms with van der Waals surface area (Å²) in [5.41, 5.74) is 13.4. The van der Waals surface area contributed by atoms with E-state index in [1.807, 2.05) is 4.68 Å². The summed E-state index contributed by atoms with van der Waals surface area (Å²) in [6.07, 6.45) is 30.4. The van der Waals surface area contributed by atoms with Crippen molar-refractivity contribution in [3.63, 3.8) is 0 Å². The zero-order valence-electron chi connectivity index (χ0n) is 32.3. The number of nitrogens with zero attached hydrogens (tertiary/aromatic N) is 1. The fourth-order valence-electron chi connectivity index (χ4n) is 7.32. The highest BCUT2D eigenvalue weighted by molar-refractivity contribution is 6.16. The Labute approximate surface area is 297 Å². The molecule has 0 amide bonds. The average Bonchev–Trinajstić information content (AvgIpc) is 3.37. The van der Waals surface area contributed by atoms with Gasteiger partial charge in [0.05, 0.1) is 5.57 Å². The van der Waals surface area contributed by atoms with Gasteiger partial charge in [0.1, 0.15) is 0 Å². The van der Waals surface area contributed by atoms with E-state index >= 15 is 0 Å². The molecule has 1 N–H and O–H groups in total. The summed E-state index contributed by atoms with van der Waals surface area (Å²) in [5, 5.41) is 0. The number of allylic oxidation sites excluding steroid dienone is 3. The van der Waals surface area contributed by atoms with Gasteiger partial charge in [-0.3, -0.25) is 0 Å². The monoisotopic (exact) mass is 653 g/mol. The number of rotatable bonds is 25. The number of hydrogen-bond donors (Lipinski definition) is 0. The summed E-state index contributed by atoms with van der Waals surface area (Å²) >= 11 is 0. The summed E-state index contributed by atoms with van der Waals surface area (Å²) < 4.78 is 1.89. The van der Waals surface area contributed by atoms with Crippen LogP contribution in [0, 0.1) is 0 Å². The maximum Gasteiger partial charge on any atom is 0.215 e. The first-order chi connectivity index (χ1) is 23.5. The quantitative estimate of drug-likeness (QED) is 0.0754. The highest BCUT2D eigenvalue weighted by Gasteiger charge is 2.35. The van der Waals surface area contributed by atoms with Crippen LogP contribution in [0.25, 0.3) is 11.5 Å². The largest absolute Gasteiger partial charge is 0.448 e. The third-order valence-electron chi connectivity index (χ3n) is 10.2. The Hall–Kier alpha value is -2.61. The molecule has 266 valence electrons. The van der Waals surface area contributed by atoms with Crippen LogP contribution in [0.2, 0.25) is 0 Å². The Morgan fingerprint density at radius 2 is 0.875 bits per heavy atom. The first-order valence-corrected chi connectivity index (χ1v) is 20.6. The molecular formula is C46H72N2.